The summed E-state index contributed by atoms with van der Waals surface area (Å²) in [7, 11) is 1.56. The number of nitrogens with zero attached hydrogens (tertiary/aromatic N) is 1. The Morgan fingerprint density at radius 1 is 1.05 bits per heavy atom. The molecule has 3 aromatic rings. The lowest BCUT2D eigenvalue weighted by Crippen LogP contribution is -2.28. The number of benzene rings is 2. The molecule has 1 aliphatic rings. The summed E-state index contributed by atoms with van der Waals surface area (Å²) in [5.41, 5.74) is 3.36. The molecule has 1 N–H and O–H groups in total. The van der Waals surface area contributed by atoms with Gasteiger partial charge in [-0.2, -0.15) is 0 Å². The van der Waals surface area contributed by atoms with Gasteiger partial charge in [-0.3, -0.25) is 4.79 Å². The fourth-order valence-electron chi connectivity index (χ4n) is 5.32. The standard InChI is InChI=1S/C34H42N2O6/c1-7-41-32(38)22(2)16-27-21-36(20-26-13-12-25(18-30(26)40-6)33(39)42-34(3,4)5)29-17-24(14-15-28(27)29)31(37)35-19-23-10-8-9-11-23/h12-18,21,23H,7-11,19-20H2,1-6H3,(H,35,37). The number of methoxy groups -OCH3 is 1. The van der Waals surface area contributed by atoms with Crippen molar-refractivity contribution < 1.29 is 28.6 Å². The molecular weight excluding hydrogens is 532 g/mol. The third-order valence-electron chi connectivity index (χ3n) is 7.43. The number of hydrogen-bond acceptors (Lipinski definition) is 6. The summed E-state index contributed by atoms with van der Waals surface area (Å²) in [6.07, 6.45) is 8.53. The van der Waals surface area contributed by atoms with Crippen LogP contribution in [-0.2, 0) is 20.8 Å². The zero-order valence-corrected chi connectivity index (χ0v) is 25.5. The van der Waals surface area contributed by atoms with Crippen molar-refractivity contribution in [3.05, 3.63) is 70.4 Å². The third kappa shape index (κ3) is 7.60. The van der Waals surface area contributed by atoms with Gasteiger partial charge in [-0.25, -0.2) is 9.59 Å². The van der Waals surface area contributed by atoms with Gasteiger partial charge in [0.2, 0.25) is 0 Å². The highest BCUT2D eigenvalue weighted by atomic mass is 16.6. The largest absolute Gasteiger partial charge is 0.496 e. The van der Waals surface area contributed by atoms with Crippen molar-refractivity contribution in [3.8, 4) is 5.75 Å². The number of rotatable bonds is 10. The molecule has 0 radical (unpaired) electrons. The van der Waals surface area contributed by atoms with E-state index in [0.717, 1.165) is 34.9 Å². The first-order chi connectivity index (χ1) is 20.0. The van der Waals surface area contributed by atoms with E-state index in [9.17, 15) is 14.4 Å². The molecule has 2 aromatic carbocycles. The van der Waals surface area contributed by atoms with Crippen LogP contribution in [-0.4, -0.2) is 48.3 Å². The van der Waals surface area contributed by atoms with Gasteiger partial charge in [-0.05, 0) is 83.7 Å². The van der Waals surface area contributed by atoms with Crippen LogP contribution >= 0.6 is 0 Å². The Labute approximate surface area is 248 Å². The minimum atomic E-state index is -0.611. The van der Waals surface area contributed by atoms with Gasteiger partial charge in [0.25, 0.3) is 5.91 Å². The SMILES string of the molecule is CCOC(=O)C(C)=Cc1cn(Cc2ccc(C(=O)OC(C)(C)C)cc2OC)c2cc(C(=O)NCC3CCCC3)ccc12. The van der Waals surface area contributed by atoms with Crippen LogP contribution in [0.1, 0.15) is 92.1 Å². The molecule has 8 nitrogen and oxygen atoms in total. The van der Waals surface area contributed by atoms with Crippen LogP contribution in [0.4, 0.5) is 0 Å². The van der Waals surface area contributed by atoms with Crippen molar-refractivity contribution in [2.24, 2.45) is 5.92 Å². The van der Waals surface area contributed by atoms with Gasteiger partial charge < -0.3 is 24.1 Å². The number of nitrogens with one attached hydrogen (secondary N) is 1. The van der Waals surface area contributed by atoms with Crippen molar-refractivity contribution in [2.45, 2.75) is 72.4 Å². The first kappa shape index (κ1) is 30.9. The van der Waals surface area contributed by atoms with E-state index < -0.39 is 11.6 Å². The summed E-state index contributed by atoms with van der Waals surface area (Å²) >= 11 is 0. The third-order valence-corrected chi connectivity index (χ3v) is 7.43. The Morgan fingerprint density at radius 3 is 2.43 bits per heavy atom. The van der Waals surface area contributed by atoms with Crippen LogP contribution in [0.15, 0.2) is 48.2 Å². The molecule has 8 heteroatoms. The number of fused-ring (bicyclic) bond motifs is 1. The second-order valence-electron chi connectivity index (χ2n) is 11.9. The van der Waals surface area contributed by atoms with E-state index in [2.05, 4.69) is 5.32 Å². The Bertz CT molecular complexity index is 1490. The molecule has 0 unspecified atom stereocenters. The first-order valence-corrected chi connectivity index (χ1v) is 14.7. The second-order valence-corrected chi connectivity index (χ2v) is 11.9. The van der Waals surface area contributed by atoms with E-state index >= 15 is 0 Å². The van der Waals surface area contributed by atoms with Crippen molar-refractivity contribution in [2.75, 3.05) is 20.3 Å². The van der Waals surface area contributed by atoms with Gasteiger partial charge in [0.05, 0.1) is 25.8 Å². The molecule has 0 bridgehead atoms. The van der Waals surface area contributed by atoms with Gasteiger partial charge in [0, 0.05) is 45.9 Å². The van der Waals surface area contributed by atoms with Gasteiger partial charge in [0.15, 0.2) is 0 Å². The monoisotopic (exact) mass is 574 g/mol. The summed E-state index contributed by atoms with van der Waals surface area (Å²) < 4.78 is 18.4. The summed E-state index contributed by atoms with van der Waals surface area (Å²) in [5, 5.41) is 4.01. The smallest absolute Gasteiger partial charge is 0.338 e. The van der Waals surface area contributed by atoms with Crippen molar-refractivity contribution >= 4 is 34.8 Å². The van der Waals surface area contributed by atoms with Gasteiger partial charge >= 0.3 is 11.9 Å². The number of aromatic nitrogens is 1. The molecule has 0 atom stereocenters. The zero-order chi connectivity index (χ0) is 30.4. The lowest BCUT2D eigenvalue weighted by molar-refractivity contribution is -0.138. The Kier molecular flexibility index (Phi) is 9.76. The molecule has 1 saturated carbocycles. The second kappa shape index (κ2) is 13.3. The van der Waals surface area contributed by atoms with Crippen molar-refractivity contribution in [1.82, 2.24) is 9.88 Å². The fourth-order valence-corrected chi connectivity index (χ4v) is 5.32. The number of carbonyl (C=O) groups excluding carboxylic acids is 3. The summed E-state index contributed by atoms with van der Waals surface area (Å²) in [6, 6.07) is 10.9. The average molecular weight is 575 g/mol. The minimum Gasteiger partial charge on any atom is -0.496 e. The van der Waals surface area contributed by atoms with E-state index in [0.29, 0.717) is 48.1 Å². The zero-order valence-electron chi connectivity index (χ0n) is 25.5. The normalized spacial score (nSPS) is 14.2. The number of ether oxygens (including phenoxy) is 3. The van der Waals surface area contributed by atoms with Crippen LogP contribution in [0.25, 0.3) is 17.0 Å². The van der Waals surface area contributed by atoms with Crippen LogP contribution in [0.5, 0.6) is 5.75 Å². The van der Waals surface area contributed by atoms with Gasteiger partial charge in [0.1, 0.15) is 11.4 Å². The van der Waals surface area contributed by atoms with E-state index in [-0.39, 0.29) is 11.9 Å². The van der Waals surface area contributed by atoms with Crippen LogP contribution in [0.3, 0.4) is 0 Å². The average Bonchev–Trinajstić information content (AvgIpc) is 3.59. The molecule has 1 amide bonds. The summed E-state index contributed by atoms with van der Waals surface area (Å²) in [6.45, 7) is 10.4. The molecule has 1 heterocycles. The van der Waals surface area contributed by atoms with E-state index in [1.807, 2.05) is 55.8 Å². The highest BCUT2D eigenvalue weighted by Gasteiger charge is 2.21. The summed E-state index contributed by atoms with van der Waals surface area (Å²) in [4.78, 5) is 38.1. The van der Waals surface area contributed by atoms with Gasteiger partial charge in [-0.15, -0.1) is 0 Å². The van der Waals surface area contributed by atoms with Gasteiger partial charge in [-0.1, -0.05) is 25.0 Å². The van der Waals surface area contributed by atoms with Crippen molar-refractivity contribution in [1.29, 1.82) is 0 Å². The first-order valence-electron chi connectivity index (χ1n) is 14.7. The molecule has 1 aromatic heterocycles. The predicted molar refractivity (Wildman–Crippen MR) is 164 cm³/mol. The maximum atomic E-state index is 13.1. The van der Waals surface area contributed by atoms with Crippen LogP contribution in [0, 0.1) is 5.92 Å². The predicted octanol–water partition coefficient (Wildman–Crippen LogP) is 6.54. The molecule has 0 saturated heterocycles. The molecule has 1 aliphatic carbocycles. The molecule has 0 spiro atoms. The lowest BCUT2D eigenvalue weighted by atomic mass is 10.1. The number of carbonyl (C=O) groups is 3. The quantitative estimate of drug-likeness (QED) is 0.218. The van der Waals surface area contributed by atoms with E-state index in [1.54, 1.807) is 39.2 Å². The Hall–Kier alpha value is -4.07. The van der Waals surface area contributed by atoms with Crippen molar-refractivity contribution in [3.63, 3.8) is 0 Å². The molecule has 42 heavy (non-hydrogen) atoms. The minimum absolute atomic E-state index is 0.101. The molecule has 1 fully saturated rings. The van der Waals surface area contributed by atoms with Crippen LogP contribution in [0.2, 0.25) is 0 Å². The molecule has 224 valence electrons. The topological polar surface area (TPSA) is 95.9 Å². The number of amides is 1. The highest BCUT2D eigenvalue weighted by Crippen LogP contribution is 2.29. The number of hydrogen-bond donors (Lipinski definition) is 1. The maximum Gasteiger partial charge on any atom is 0.338 e. The number of esters is 2. The molecular formula is C34H42N2O6. The summed E-state index contributed by atoms with van der Waals surface area (Å²) in [5.74, 6) is 0.191. The molecule has 4 rings (SSSR count). The molecule has 0 aliphatic heterocycles. The fraction of sp³-hybridized carbons (Fsp3) is 0.441. The van der Waals surface area contributed by atoms with E-state index in [4.69, 9.17) is 14.2 Å². The maximum absolute atomic E-state index is 13.1. The highest BCUT2D eigenvalue weighted by molar-refractivity contribution is 6.01. The Balaban J connectivity index is 1.70. The van der Waals surface area contributed by atoms with Crippen LogP contribution < -0.4 is 10.1 Å². The Morgan fingerprint density at radius 2 is 1.76 bits per heavy atom. The van der Waals surface area contributed by atoms with E-state index in [1.165, 1.54) is 12.8 Å². The lowest BCUT2D eigenvalue weighted by Gasteiger charge is -2.20.